The minimum atomic E-state index is -0.265. The molecule has 4 nitrogen and oxygen atoms in total. The van der Waals surface area contributed by atoms with Gasteiger partial charge in [-0.2, -0.15) is 0 Å². The first-order valence-electron chi connectivity index (χ1n) is 5.03. The number of nitrogens with zero attached hydrogens (tertiary/aromatic N) is 1. The second kappa shape index (κ2) is 4.17. The fourth-order valence-corrected chi connectivity index (χ4v) is 1.50. The van der Waals surface area contributed by atoms with Crippen LogP contribution in [0.4, 0.5) is 4.79 Å². The summed E-state index contributed by atoms with van der Waals surface area (Å²) in [7, 11) is 0. The summed E-state index contributed by atoms with van der Waals surface area (Å²) in [6.07, 6.45) is -0.153. The van der Waals surface area contributed by atoms with Crippen molar-refractivity contribution in [2.45, 2.75) is 39.3 Å². The number of amides is 1. The summed E-state index contributed by atoms with van der Waals surface area (Å²) < 4.78 is 10.5. The van der Waals surface area contributed by atoms with Crippen molar-refractivity contribution >= 4 is 6.09 Å². The van der Waals surface area contributed by atoms with Crippen LogP contribution in [0.5, 0.6) is 0 Å². The Labute approximate surface area is 85.2 Å². The maximum Gasteiger partial charge on any atom is 0.410 e. The molecule has 1 rings (SSSR count). The molecule has 4 heteroatoms. The van der Waals surface area contributed by atoms with E-state index in [0.29, 0.717) is 19.8 Å². The summed E-state index contributed by atoms with van der Waals surface area (Å²) in [5.41, 5.74) is -0.265. The minimum Gasteiger partial charge on any atom is -0.450 e. The van der Waals surface area contributed by atoms with Gasteiger partial charge in [-0.1, -0.05) is 0 Å². The number of hydrogen-bond donors (Lipinski definition) is 0. The lowest BCUT2D eigenvalue weighted by molar-refractivity contribution is -0.0825. The zero-order valence-corrected chi connectivity index (χ0v) is 9.37. The molecule has 0 saturated carbocycles. The average molecular weight is 201 g/mol. The molecule has 14 heavy (non-hydrogen) atoms. The predicted octanol–water partition coefficient (Wildman–Crippen LogP) is 1.64. The molecule has 0 radical (unpaired) electrons. The fraction of sp³-hybridized carbons (Fsp3) is 0.900. The summed E-state index contributed by atoms with van der Waals surface area (Å²) in [4.78, 5) is 13.3. The summed E-state index contributed by atoms with van der Waals surface area (Å²) >= 11 is 0. The van der Waals surface area contributed by atoms with Gasteiger partial charge in [-0.05, 0) is 27.7 Å². The normalized spacial score (nSPS) is 26.0. The van der Waals surface area contributed by atoms with Gasteiger partial charge in [0.15, 0.2) is 0 Å². The van der Waals surface area contributed by atoms with Crippen LogP contribution in [0.1, 0.15) is 27.7 Å². The van der Waals surface area contributed by atoms with E-state index in [4.69, 9.17) is 9.47 Å². The van der Waals surface area contributed by atoms with Gasteiger partial charge >= 0.3 is 6.09 Å². The first-order chi connectivity index (χ1) is 6.47. The molecular weight excluding hydrogens is 182 g/mol. The van der Waals surface area contributed by atoms with Gasteiger partial charge in [0, 0.05) is 0 Å². The Balaban J connectivity index is 2.67. The van der Waals surface area contributed by atoms with Gasteiger partial charge in [-0.15, -0.1) is 0 Å². The fourth-order valence-electron chi connectivity index (χ4n) is 1.50. The zero-order valence-electron chi connectivity index (χ0n) is 9.37. The first-order valence-corrected chi connectivity index (χ1v) is 5.03. The van der Waals surface area contributed by atoms with Crippen LogP contribution in [0.3, 0.4) is 0 Å². The van der Waals surface area contributed by atoms with Crippen LogP contribution < -0.4 is 0 Å². The maximum absolute atomic E-state index is 11.6. The molecule has 82 valence electrons. The Bertz CT molecular complexity index is 215. The van der Waals surface area contributed by atoms with E-state index in [1.165, 1.54) is 0 Å². The van der Waals surface area contributed by atoms with Crippen molar-refractivity contribution in [3.8, 4) is 0 Å². The quantitative estimate of drug-likeness (QED) is 0.647. The van der Waals surface area contributed by atoms with E-state index in [1.54, 1.807) is 4.90 Å². The van der Waals surface area contributed by atoms with E-state index in [9.17, 15) is 4.79 Å². The van der Waals surface area contributed by atoms with E-state index in [0.717, 1.165) is 0 Å². The van der Waals surface area contributed by atoms with Crippen molar-refractivity contribution in [2.75, 3.05) is 19.8 Å². The number of morpholine rings is 1. The highest BCUT2D eigenvalue weighted by atomic mass is 16.6. The van der Waals surface area contributed by atoms with Gasteiger partial charge in [0.05, 0.1) is 31.4 Å². The third kappa shape index (κ3) is 2.38. The largest absolute Gasteiger partial charge is 0.450 e. The zero-order chi connectivity index (χ0) is 10.8. The molecule has 0 aromatic rings. The van der Waals surface area contributed by atoms with Gasteiger partial charge in [-0.25, -0.2) is 4.79 Å². The van der Waals surface area contributed by atoms with Gasteiger partial charge in [0.25, 0.3) is 0 Å². The van der Waals surface area contributed by atoms with Gasteiger partial charge < -0.3 is 9.47 Å². The number of hydrogen-bond acceptors (Lipinski definition) is 3. The molecule has 0 aromatic carbocycles. The Hall–Kier alpha value is -0.770. The van der Waals surface area contributed by atoms with E-state index in [-0.39, 0.29) is 17.7 Å². The van der Waals surface area contributed by atoms with Crippen LogP contribution >= 0.6 is 0 Å². The Morgan fingerprint density at radius 3 is 2.86 bits per heavy atom. The molecule has 0 bridgehead atoms. The lowest BCUT2D eigenvalue weighted by atomic mass is 10.0. The molecule has 0 N–H and O–H groups in total. The van der Waals surface area contributed by atoms with E-state index in [2.05, 4.69) is 0 Å². The molecule has 1 amide bonds. The molecule has 1 saturated heterocycles. The number of rotatable bonds is 1. The molecule has 1 aliphatic rings. The summed E-state index contributed by atoms with van der Waals surface area (Å²) in [6, 6.07) is 0. The van der Waals surface area contributed by atoms with Crippen molar-refractivity contribution < 1.29 is 14.3 Å². The van der Waals surface area contributed by atoms with Crippen molar-refractivity contribution in [2.24, 2.45) is 0 Å². The first kappa shape index (κ1) is 11.3. The molecule has 1 aliphatic heterocycles. The van der Waals surface area contributed by atoms with Crippen LogP contribution in [0.25, 0.3) is 0 Å². The molecule has 0 aromatic heterocycles. The van der Waals surface area contributed by atoms with Gasteiger partial charge in [-0.3, -0.25) is 4.90 Å². The highest BCUT2D eigenvalue weighted by molar-refractivity contribution is 5.68. The third-order valence-electron chi connectivity index (χ3n) is 2.38. The monoisotopic (exact) mass is 201 g/mol. The molecule has 1 unspecified atom stereocenters. The molecule has 1 heterocycles. The van der Waals surface area contributed by atoms with E-state index in [1.807, 2.05) is 27.7 Å². The standard InChI is InChI=1S/C10H19NO3/c1-5-13-9(12)11-6-8(2)14-7-10(11,3)4/h8H,5-7H2,1-4H3. The lowest BCUT2D eigenvalue weighted by Crippen LogP contribution is -2.57. The molecule has 0 spiro atoms. The molecule has 1 fully saturated rings. The summed E-state index contributed by atoms with van der Waals surface area (Å²) in [6.45, 7) is 9.32. The second-order valence-corrected chi connectivity index (χ2v) is 4.24. The predicted molar refractivity (Wildman–Crippen MR) is 53.2 cm³/mol. The van der Waals surface area contributed by atoms with E-state index >= 15 is 0 Å². The number of carbonyl (C=O) groups is 1. The smallest absolute Gasteiger partial charge is 0.410 e. The average Bonchev–Trinajstić information content (AvgIpc) is 2.10. The topological polar surface area (TPSA) is 38.8 Å². The Morgan fingerprint density at radius 2 is 2.29 bits per heavy atom. The van der Waals surface area contributed by atoms with Gasteiger partial charge in [0.1, 0.15) is 0 Å². The van der Waals surface area contributed by atoms with Crippen molar-refractivity contribution in [1.82, 2.24) is 4.90 Å². The van der Waals surface area contributed by atoms with Crippen LogP contribution in [-0.4, -0.2) is 42.4 Å². The maximum atomic E-state index is 11.6. The highest BCUT2D eigenvalue weighted by Gasteiger charge is 2.37. The van der Waals surface area contributed by atoms with Crippen LogP contribution in [0.15, 0.2) is 0 Å². The van der Waals surface area contributed by atoms with Crippen molar-refractivity contribution in [3.63, 3.8) is 0 Å². The second-order valence-electron chi connectivity index (χ2n) is 4.24. The summed E-state index contributed by atoms with van der Waals surface area (Å²) in [5, 5.41) is 0. The SMILES string of the molecule is CCOC(=O)N1CC(C)OCC1(C)C. The van der Waals surface area contributed by atoms with Crippen LogP contribution in [0, 0.1) is 0 Å². The highest BCUT2D eigenvalue weighted by Crippen LogP contribution is 2.22. The molecule has 0 aliphatic carbocycles. The third-order valence-corrected chi connectivity index (χ3v) is 2.38. The van der Waals surface area contributed by atoms with Gasteiger partial charge in [0.2, 0.25) is 0 Å². The van der Waals surface area contributed by atoms with E-state index < -0.39 is 0 Å². The number of carbonyl (C=O) groups excluding carboxylic acids is 1. The lowest BCUT2D eigenvalue weighted by Gasteiger charge is -2.43. The molecule has 1 atom stereocenters. The minimum absolute atomic E-state index is 0.0902. The van der Waals surface area contributed by atoms with Crippen LogP contribution in [-0.2, 0) is 9.47 Å². The van der Waals surface area contributed by atoms with Crippen molar-refractivity contribution in [3.05, 3.63) is 0 Å². The van der Waals surface area contributed by atoms with Crippen molar-refractivity contribution in [1.29, 1.82) is 0 Å². The Kier molecular flexibility index (Phi) is 3.37. The van der Waals surface area contributed by atoms with Crippen LogP contribution in [0.2, 0.25) is 0 Å². The Morgan fingerprint density at radius 1 is 1.64 bits per heavy atom. The number of ether oxygens (including phenoxy) is 2. The molecular formula is C10H19NO3. The summed E-state index contributed by atoms with van der Waals surface area (Å²) in [5.74, 6) is 0.